The van der Waals surface area contributed by atoms with Crippen molar-refractivity contribution in [2.75, 3.05) is 30.4 Å². The first-order valence-corrected chi connectivity index (χ1v) is 5.66. The van der Waals surface area contributed by atoms with Crippen molar-refractivity contribution in [3.63, 3.8) is 0 Å². The van der Waals surface area contributed by atoms with Crippen LogP contribution in [-0.4, -0.2) is 41.4 Å². The molecule has 0 aliphatic carbocycles. The fourth-order valence-corrected chi connectivity index (χ4v) is 1.48. The minimum absolute atomic E-state index is 0.0268. The van der Waals surface area contributed by atoms with E-state index < -0.39 is 0 Å². The lowest BCUT2D eigenvalue weighted by atomic mass is 10.5. The molecule has 72 valence electrons. The molecule has 0 bridgehead atoms. The first-order chi connectivity index (χ1) is 5.81. The van der Waals surface area contributed by atoms with E-state index in [1.807, 2.05) is 0 Å². The molecule has 0 aliphatic rings. The van der Waals surface area contributed by atoms with Crippen molar-refractivity contribution in [1.29, 1.82) is 0 Å². The van der Waals surface area contributed by atoms with E-state index >= 15 is 0 Å². The van der Waals surface area contributed by atoms with E-state index in [1.165, 1.54) is 0 Å². The van der Waals surface area contributed by atoms with Crippen LogP contribution >= 0.6 is 24.4 Å². The largest absolute Gasteiger partial charge is 0.396 e. The van der Waals surface area contributed by atoms with Crippen molar-refractivity contribution in [3.8, 4) is 0 Å². The van der Waals surface area contributed by atoms with Crippen LogP contribution in [0.5, 0.6) is 0 Å². The van der Waals surface area contributed by atoms with Crippen molar-refractivity contribution < 1.29 is 9.90 Å². The Labute approximate surface area is 82.7 Å². The number of thiol groups is 1. The number of amides is 1. The Hall–Kier alpha value is 0.130. The Balaban J connectivity index is 2.95. The van der Waals surface area contributed by atoms with Gasteiger partial charge in [0.05, 0.1) is 5.75 Å². The second kappa shape index (κ2) is 9.22. The van der Waals surface area contributed by atoms with E-state index in [4.69, 9.17) is 5.11 Å². The lowest BCUT2D eigenvalue weighted by Gasteiger charge is -2.02. The van der Waals surface area contributed by atoms with E-state index in [1.54, 1.807) is 11.8 Å². The van der Waals surface area contributed by atoms with E-state index in [2.05, 4.69) is 17.9 Å². The van der Waals surface area contributed by atoms with Crippen molar-refractivity contribution in [2.24, 2.45) is 0 Å². The second-order valence-corrected chi connectivity index (χ2v) is 3.74. The fourth-order valence-electron chi connectivity index (χ4n) is 0.587. The maximum atomic E-state index is 10.7. The third kappa shape index (κ3) is 8.23. The molecule has 1 amide bonds. The minimum atomic E-state index is -0.0268. The first-order valence-electron chi connectivity index (χ1n) is 3.87. The molecule has 0 aliphatic heterocycles. The molecule has 0 radical (unpaired) electrons. The summed E-state index contributed by atoms with van der Waals surface area (Å²) in [5.41, 5.74) is 0. The van der Waals surface area contributed by atoms with Crippen molar-refractivity contribution >= 4 is 30.3 Å². The van der Waals surface area contributed by atoms with Gasteiger partial charge in [0.15, 0.2) is 0 Å². The highest BCUT2D eigenvalue weighted by Gasteiger charge is 1.94. The summed E-state index contributed by atoms with van der Waals surface area (Å²) in [5.74, 6) is 2.08. The van der Waals surface area contributed by atoms with Crippen LogP contribution in [0.25, 0.3) is 0 Å². The summed E-state index contributed by atoms with van der Waals surface area (Å²) in [4.78, 5) is 10.7. The smallest absolute Gasteiger partial charge is 0.229 e. The molecule has 0 heterocycles. The van der Waals surface area contributed by atoms with Gasteiger partial charge in [0.1, 0.15) is 0 Å². The molecule has 5 heteroatoms. The highest BCUT2D eigenvalue weighted by molar-refractivity contribution is 7.99. The van der Waals surface area contributed by atoms with Gasteiger partial charge in [0, 0.05) is 18.9 Å². The Kier molecular flexibility index (Phi) is 9.32. The molecule has 0 aromatic rings. The molecule has 0 rings (SSSR count). The van der Waals surface area contributed by atoms with Crippen LogP contribution in [0.1, 0.15) is 6.42 Å². The van der Waals surface area contributed by atoms with Crippen LogP contribution in [0, 0.1) is 0 Å². The molecular weight excluding hydrogens is 194 g/mol. The van der Waals surface area contributed by atoms with Gasteiger partial charge in [-0.05, 0) is 12.2 Å². The lowest BCUT2D eigenvalue weighted by molar-refractivity contribution is -0.118. The number of carbonyl (C=O) groups excluding carboxylic acids is 1. The predicted molar refractivity (Wildman–Crippen MR) is 55.9 cm³/mol. The second-order valence-electron chi connectivity index (χ2n) is 2.20. The van der Waals surface area contributed by atoms with Gasteiger partial charge in [-0.25, -0.2) is 0 Å². The molecule has 0 atom stereocenters. The highest BCUT2D eigenvalue weighted by atomic mass is 32.2. The van der Waals surface area contributed by atoms with Gasteiger partial charge >= 0.3 is 0 Å². The summed E-state index contributed by atoms with van der Waals surface area (Å²) in [7, 11) is 0. The molecular formula is C7H15NO2S2. The number of rotatable bonds is 7. The van der Waals surface area contributed by atoms with Crippen LogP contribution in [0.15, 0.2) is 0 Å². The normalized spacial score (nSPS) is 9.83. The average Bonchev–Trinajstić information content (AvgIpc) is 2.10. The van der Waals surface area contributed by atoms with Crippen LogP contribution < -0.4 is 5.32 Å². The molecule has 0 saturated carbocycles. The Bertz CT molecular complexity index is 122. The highest BCUT2D eigenvalue weighted by Crippen LogP contribution is 1.99. The van der Waals surface area contributed by atoms with Gasteiger partial charge in [-0.2, -0.15) is 24.4 Å². The standard InChI is InChI=1S/C7H15NO2S2/c9-3-1-4-12-5-2-8-7(10)6-11/h9,11H,1-6H2,(H,8,10). The quantitative estimate of drug-likeness (QED) is 0.413. The van der Waals surface area contributed by atoms with Gasteiger partial charge in [-0.15, -0.1) is 0 Å². The van der Waals surface area contributed by atoms with Crippen LogP contribution in [0.4, 0.5) is 0 Å². The third-order valence-electron chi connectivity index (χ3n) is 1.16. The predicted octanol–water partition coefficient (Wildman–Crippen LogP) is 0.148. The Morgan fingerprint density at radius 1 is 1.50 bits per heavy atom. The SMILES string of the molecule is O=C(CS)NCCSCCCO. The molecule has 12 heavy (non-hydrogen) atoms. The molecule has 0 aromatic heterocycles. The van der Waals surface area contributed by atoms with Crippen molar-refractivity contribution in [2.45, 2.75) is 6.42 Å². The van der Waals surface area contributed by atoms with Gasteiger partial charge in [-0.3, -0.25) is 4.79 Å². The molecule has 0 fully saturated rings. The molecule has 0 saturated heterocycles. The van der Waals surface area contributed by atoms with Gasteiger partial charge in [0.25, 0.3) is 0 Å². The summed E-state index contributed by atoms with van der Waals surface area (Å²) in [6.07, 6.45) is 0.825. The number of thioether (sulfide) groups is 1. The lowest BCUT2D eigenvalue weighted by Crippen LogP contribution is -2.26. The van der Waals surface area contributed by atoms with E-state index in [-0.39, 0.29) is 18.3 Å². The zero-order valence-corrected chi connectivity index (χ0v) is 8.66. The van der Waals surface area contributed by atoms with Gasteiger partial charge < -0.3 is 10.4 Å². The topological polar surface area (TPSA) is 49.3 Å². The molecule has 3 nitrogen and oxygen atoms in total. The minimum Gasteiger partial charge on any atom is -0.396 e. The molecule has 2 N–H and O–H groups in total. The van der Waals surface area contributed by atoms with Crippen LogP contribution in [0.3, 0.4) is 0 Å². The van der Waals surface area contributed by atoms with E-state index in [9.17, 15) is 4.79 Å². The van der Waals surface area contributed by atoms with Crippen molar-refractivity contribution in [3.05, 3.63) is 0 Å². The number of aliphatic hydroxyl groups excluding tert-OH is 1. The Morgan fingerprint density at radius 3 is 2.83 bits per heavy atom. The summed E-state index contributed by atoms with van der Waals surface area (Å²) >= 11 is 5.55. The molecule has 0 unspecified atom stereocenters. The number of aliphatic hydroxyl groups is 1. The van der Waals surface area contributed by atoms with Crippen LogP contribution in [0.2, 0.25) is 0 Å². The summed E-state index contributed by atoms with van der Waals surface area (Å²) in [6.45, 7) is 0.936. The van der Waals surface area contributed by atoms with Crippen molar-refractivity contribution in [1.82, 2.24) is 5.32 Å². The zero-order chi connectivity index (χ0) is 9.23. The fraction of sp³-hybridized carbons (Fsp3) is 0.857. The van der Waals surface area contributed by atoms with E-state index in [0.717, 1.165) is 17.9 Å². The molecule has 0 aromatic carbocycles. The summed E-state index contributed by atoms with van der Waals surface area (Å²) < 4.78 is 0. The zero-order valence-electron chi connectivity index (χ0n) is 6.95. The van der Waals surface area contributed by atoms with Gasteiger partial charge in [-0.1, -0.05) is 0 Å². The Morgan fingerprint density at radius 2 is 2.25 bits per heavy atom. The summed E-state index contributed by atoms with van der Waals surface area (Å²) in [6, 6.07) is 0. The average molecular weight is 209 g/mol. The number of carbonyl (C=O) groups is 1. The number of hydrogen-bond acceptors (Lipinski definition) is 4. The monoisotopic (exact) mass is 209 g/mol. The summed E-state index contributed by atoms with van der Waals surface area (Å²) in [5, 5.41) is 11.2. The maximum absolute atomic E-state index is 10.7. The van der Waals surface area contributed by atoms with E-state index in [0.29, 0.717) is 6.54 Å². The molecule has 0 spiro atoms. The number of nitrogens with one attached hydrogen (secondary N) is 1. The number of hydrogen-bond donors (Lipinski definition) is 3. The van der Waals surface area contributed by atoms with Crippen LogP contribution in [-0.2, 0) is 4.79 Å². The maximum Gasteiger partial charge on any atom is 0.229 e. The van der Waals surface area contributed by atoms with Gasteiger partial charge in [0.2, 0.25) is 5.91 Å². The third-order valence-corrected chi connectivity index (χ3v) is 2.52. The first kappa shape index (κ1) is 12.1.